The topological polar surface area (TPSA) is 46.1 Å². The molecule has 0 bridgehead atoms. The van der Waals surface area contributed by atoms with E-state index >= 15 is 0 Å². The van der Waals surface area contributed by atoms with Gasteiger partial charge in [-0.05, 0) is 42.1 Å². The van der Waals surface area contributed by atoms with Gasteiger partial charge in [-0.15, -0.1) is 5.10 Å². The lowest BCUT2D eigenvalue weighted by Gasteiger charge is -2.29. The molecular formula is C13H21N3OS. The van der Waals surface area contributed by atoms with Gasteiger partial charge >= 0.3 is 0 Å². The molecule has 0 spiro atoms. The minimum Gasteiger partial charge on any atom is -0.337 e. The molecule has 1 unspecified atom stereocenters. The van der Waals surface area contributed by atoms with Gasteiger partial charge < -0.3 is 4.90 Å². The molecule has 1 fully saturated rings. The van der Waals surface area contributed by atoms with Gasteiger partial charge in [-0.3, -0.25) is 4.79 Å². The molecule has 4 nitrogen and oxygen atoms in total. The molecule has 2 heterocycles. The third-order valence-electron chi connectivity index (χ3n) is 3.82. The van der Waals surface area contributed by atoms with E-state index in [9.17, 15) is 4.79 Å². The summed E-state index contributed by atoms with van der Waals surface area (Å²) in [6, 6.07) is 0. The van der Waals surface area contributed by atoms with E-state index in [4.69, 9.17) is 0 Å². The summed E-state index contributed by atoms with van der Waals surface area (Å²) in [6.45, 7) is 8.57. The van der Waals surface area contributed by atoms with Gasteiger partial charge in [0, 0.05) is 18.5 Å². The second-order valence-electron chi connectivity index (χ2n) is 6.08. The normalized spacial score (nSPS) is 21.7. The second kappa shape index (κ2) is 5.34. The molecule has 18 heavy (non-hydrogen) atoms. The molecule has 0 aliphatic carbocycles. The maximum Gasteiger partial charge on any atom is 0.275 e. The summed E-state index contributed by atoms with van der Waals surface area (Å²) < 4.78 is 3.76. The van der Waals surface area contributed by atoms with E-state index in [2.05, 4.69) is 30.4 Å². The number of hydrogen-bond acceptors (Lipinski definition) is 4. The van der Waals surface area contributed by atoms with Gasteiger partial charge in [0.25, 0.3) is 5.91 Å². The van der Waals surface area contributed by atoms with Crippen molar-refractivity contribution in [2.24, 2.45) is 11.3 Å². The molecule has 1 aliphatic rings. The number of carbonyl (C=O) groups is 1. The van der Waals surface area contributed by atoms with Crippen LogP contribution >= 0.6 is 11.5 Å². The highest BCUT2D eigenvalue weighted by atomic mass is 32.1. The predicted molar refractivity (Wildman–Crippen MR) is 72.6 cm³/mol. The second-order valence-corrected chi connectivity index (χ2v) is 6.69. The number of hydrogen-bond donors (Lipinski definition) is 0. The number of aromatic nitrogens is 2. The van der Waals surface area contributed by atoms with Gasteiger partial charge in [0.15, 0.2) is 5.69 Å². The summed E-state index contributed by atoms with van der Waals surface area (Å²) in [4.78, 5) is 14.1. The van der Waals surface area contributed by atoms with Gasteiger partial charge in [0.05, 0.1) is 0 Å². The third kappa shape index (κ3) is 3.07. The SMILES string of the molecule is CC(C)(C)C1CCCN(C(=O)c2csnn2)CC1. The number of likely N-dealkylation sites (tertiary alicyclic amines) is 1. The fourth-order valence-electron chi connectivity index (χ4n) is 2.59. The van der Waals surface area contributed by atoms with Crippen molar-refractivity contribution in [3.63, 3.8) is 0 Å². The van der Waals surface area contributed by atoms with Crippen LogP contribution in [0.4, 0.5) is 0 Å². The maximum atomic E-state index is 12.2. The first-order valence-corrected chi connectivity index (χ1v) is 7.38. The van der Waals surface area contributed by atoms with Crippen molar-refractivity contribution in [2.45, 2.75) is 40.0 Å². The van der Waals surface area contributed by atoms with E-state index in [-0.39, 0.29) is 5.91 Å². The third-order valence-corrected chi connectivity index (χ3v) is 4.32. The Hall–Kier alpha value is -0.970. The van der Waals surface area contributed by atoms with Crippen LogP contribution in [0.15, 0.2) is 5.38 Å². The quantitative estimate of drug-likeness (QED) is 0.786. The van der Waals surface area contributed by atoms with E-state index in [1.807, 2.05) is 4.90 Å². The van der Waals surface area contributed by atoms with Crippen LogP contribution in [-0.4, -0.2) is 33.5 Å². The highest BCUT2D eigenvalue weighted by Crippen LogP contribution is 2.34. The fourth-order valence-corrected chi connectivity index (χ4v) is 3.02. The average Bonchev–Trinajstić information content (AvgIpc) is 2.70. The summed E-state index contributed by atoms with van der Waals surface area (Å²) in [5, 5.41) is 5.60. The first-order valence-electron chi connectivity index (χ1n) is 6.55. The molecule has 1 amide bonds. The van der Waals surface area contributed by atoms with Gasteiger partial charge in [0.1, 0.15) is 0 Å². The first kappa shape index (κ1) is 13.5. The van der Waals surface area contributed by atoms with Gasteiger partial charge in [-0.25, -0.2) is 0 Å². The molecule has 5 heteroatoms. The molecule has 2 rings (SSSR count). The zero-order valence-electron chi connectivity index (χ0n) is 11.3. The zero-order valence-corrected chi connectivity index (χ0v) is 12.2. The first-order chi connectivity index (χ1) is 8.48. The lowest BCUT2D eigenvalue weighted by molar-refractivity contribution is 0.0749. The van der Waals surface area contributed by atoms with Crippen molar-refractivity contribution in [1.82, 2.24) is 14.5 Å². The van der Waals surface area contributed by atoms with Crippen LogP contribution in [0.2, 0.25) is 0 Å². The highest BCUT2D eigenvalue weighted by molar-refractivity contribution is 7.03. The summed E-state index contributed by atoms with van der Waals surface area (Å²) in [7, 11) is 0. The van der Waals surface area contributed by atoms with Crippen molar-refractivity contribution in [3.8, 4) is 0 Å². The van der Waals surface area contributed by atoms with Crippen LogP contribution in [0.3, 0.4) is 0 Å². The molecule has 0 aromatic carbocycles. The number of rotatable bonds is 1. The van der Waals surface area contributed by atoms with Crippen molar-refractivity contribution < 1.29 is 4.79 Å². The Labute approximate surface area is 113 Å². The highest BCUT2D eigenvalue weighted by Gasteiger charge is 2.29. The Balaban J connectivity index is 1.99. The fraction of sp³-hybridized carbons (Fsp3) is 0.769. The molecule has 0 N–H and O–H groups in total. The Bertz CT molecular complexity index is 397. The zero-order chi connectivity index (χ0) is 13.2. The number of carbonyl (C=O) groups excluding carboxylic acids is 1. The Morgan fingerprint density at radius 2 is 2.17 bits per heavy atom. The van der Waals surface area contributed by atoms with Gasteiger partial charge in [-0.1, -0.05) is 25.3 Å². The van der Waals surface area contributed by atoms with Crippen molar-refractivity contribution in [2.75, 3.05) is 13.1 Å². The van der Waals surface area contributed by atoms with E-state index in [1.54, 1.807) is 5.38 Å². The molecular weight excluding hydrogens is 246 g/mol. The monoisotopic (exact) mass is 267 g/mol. The van der Waals surface area contributed by atoms with Crippen LogP contribution in [0.5, 0.6) is 0 Å². The van der Waals surface area contributed by atoms with Crippen molar-refractivity contribution in [3.05, 3.63) is 11.1 Å². The summed E-state index contributed by atoms with van der Waals surface area (Å²) in [5.41, 5.74) is 0.829. The number of amides is 1. The van der Waals surface area contributed by atoms with E-state index in [0.717, 1.165) is 25.9 Å². The molecule has 1 aromatic heterocycles. The minimum atomic E-state index is 0.0401. The van der Waals surface area contributed by atoms with E-state index in [1.165, 1.54) is 18.0 Å². The Morgan fingerprint density at radius 3 is 2.78 bits per heavy atom. The lowest BCUT2D eigenvalue weighted by Crippen LogP contribution is -2.32. The van der Waals surface area contributed by atoms with Crippen LogP contribution in [-0.2, 0) is 0 Å². The minimum absolute atomic E-state index is 0.0401. The molecule has 1 saturated heterocycles. The van der Waals surface area contributed by atoms with Gasteiger partial charge in [0.2, 0.25) is 0 Å². The molecule has 100 valence electrons. The van der Waals surface area contributed by atoms with Crippen LogP contribution < -0.4 is 0 Å². The van der Waals surface area contributed by atoms with Gasteiger partial charge in [-0.2, -0.15) is 0 Å². The largest absolute Gasteiger partial charge is 0.337 e. The molecule has 1 atom stereocenters. The summed E-state index contributed by atoms with van der Waals surface area (Å²) in [5.74, 6) is 0.738. The Morgan fingerprint density at radius 1 is 1.39 bits per heavy atom. The molecule has 0 radical (unpaired) electrons. The average molecular weight is 267 g/mol. The summed E-state index contributed by atoms with van der Waals surface area (Å²) in [6.07, 6.45) is 3.39. The van der Waals surface area contributed by atoms with Crippen LogP contribution in [0.25, 0.3) is 0 Å². The smallest absolute Gasteiger partial charge is 0.275 e. The number of nitrogens with zero attached hydrogens (tertiary/aromatic N) is 3. The standard InChI is InChI=1S/C13H21N3OS/c1-13(2,3)10-5-4-7-16(8-6-10)12(17)11-9-18-15-14-11/h9-10H,4-8H2,1-3H3. The predicted octanol–water partition coefficient (Wildman–Crippen LogP) is 2.83. The molecule has 0 saturated carbocycles. The summed E-state index contributed by atoms with van der Waals surface area (Å²) >= 11 is 1.23. The molecule has 1 aromatic rings. The van der Waals surface area contributed by atoms with Crippen LogP contribution in [0, 0.1) is 11.3 Å². The van der Waals surface area contributed by atoms with E-state index < -0.39 is 0 Å². The van der Waals surface area contributed by atoms with Crippen molar-refractivity contribution in [1.29, 1.82) is 0 Å². The lowest BCUT2D eigenvalue weighted by atomic mass is 9.77. The maximum absolute atomic E-state index is 12.2. The Kier molecular flexibility index (Phi) is 4.00. The van der Waals surface area contributed by atoms with E-state index in [0.29, 0.717) is 17.0 Å². The van der Waals surface area contributed by atoms with Crippen molar-refractivity contribution >= 4 is 17.4 Å². The van der Waals surface area contributed by atoms with Crippen LogP contribution in [0.1, 0.15) is 50.5 Å². The molecule has 1 aliphatic heterocycles.